The van der Waals surface area contributed by atoms with Gasteiger partial charge in [0.15, 0.2) is 0 Å². The van der Waals surface area contributed by atoms with Gasteiger partial charge in [-0.05, 0) is 35.7 Å². The van der Waals surface area contributed by atoms with Gasteiger partial charge in [-0.1, -0.05) is 49.4 Å². The summed E-state index contributed by atoms with van der Waals surface area (Å²) in [6.07, 6.45) is -0.412. The number of anilines is 1. The lowest BCUT2D eigenvalue weighted by atomic mass is 9.87. The Morgan fingerprint density at radius 3 is 2.23 bits per heavy atom. The first kappa shape index (κ1) is 21.0. The number of rotatable bonds is 5. The fourth-order valence-corrected chi connectivity index (χ4v) is 4.05. The fourth-order valence-electron chi connectivity index (χ4n) is 4.05. The van der Waals surface area contributed by atoms with E-state index in [1.54, 1.807) is 22.1 Å². The van der Waals surface area contributed by atoms with Gasteiger partial charge in [0.2, 0.25) is 0 Å². The van der Waals surface area contributed by atoms with Crippen LogP contribution in [0.15, 0.2) is 77.1 Å². The molecule has 0 amide bonds. The normalized spacial score (nSPS) is 18.9. The molecule has 2 atom stereocenters. The first-order valence-electron chi connectivity index (χ1n) is 10.2. The van der Waals surface area contributed by atoms with Gasteiger partial charge in [0.1, 0.15) is 0 Å². The van der Waals surface area contributed by atoms with Gasteiger partial charge in [-0.3, -0.25) is 9.13 Å². The van der Waals surface area contributed by atoms with Crippen LogP contribution in [-0.2, 0) is 13.1 Å². The van der Waals surface area contributed by atoms with Crippen LogP contribution in [0.1, 0.15) is 12.5 Å². The maximum atomic E-state index is 13.3. The van der Waals surface area contributed by atoms with Crippen molar-refractivity contribution in [2.75, 3.05) is 12.4 Å². The molecule has 7 heteroatoms. The van der Waals surface area contributed by atoms with Crippen molar-refractivity contribution < 1.29 is 13.2 Å². The molecular formula is C24H24F3N3O. The lowest BCUT2D eigenvalue weighted by molar-refractivity contribution is -0.0891. The molecule has 2 aromatic carbocycles. The van der Waals surface area contributed by atoms with E-state index < -0.39 is 11.7 Å². The highest BCUT2D eigenvalue weighted by atomic mass is 19.4. The Hall–Kier alpha value is -3.22. The number of imidazole rings is 1. The molecule has 3 aromatic rings. The molecule has 162 valence electrons. The number of aromatic nitrogens is 2. The minimum Gasteiger partial charge on any atom is -0.388 e. The van der Waals surface area contributed by atoms with Crippen LogP contribution in [0.4, 0.5) is 18.9 Å². The molecule has 0 saturated heterocycles. The standard InChI is InChI=1S/C24H24F3N3O/c1-16-13-19(24(25,26)27)10-9-18(16)15-30-22-6-4-3-5-21(22)29(23(30)31)14-17-7-11-20(28-2)12-8-17/h3-13,16,18,28H,14-15H2,1-2H3. The molecule has 0 spiro atoms. The van der Waals surface area contributed by atoms with E-state index in [9.17, 15) is 18.0 Å². The van der Waals surface area contributed by atoms with E-state index in [-0.39, 0.29) is 17.5 Å². The highest BCUT2D eigenvalue weighted by Crippen LogP contribution is 2.34. The monoisotopic (exact) mass is 427 g/mol. The summed E-state index contributed by atoms with van der Waals surface area (Å²) in [6, 6.07) is 15.4. The number of allylic oxidation sites excluding steroid dienone is 4. The molecule has 4 rings (SSSR count). The fraction of sp³-hybridized carbons (Fsp3) is 0.292. The van der Waals surface area contributed by atoms with Crippen molar-refractivity contribution in [2.45, 2.75) is 26.2 Å². The summed E-state index contributed by atoms with van der Waals surface area (Å²) in [5.41, 5.74) is 2.78. The lowest BCUT2D eigenvalue weighted by Gasteiger charge is -2.24. The summed E-state index contributed by atoms with van der Waals surface area (Å²) in [6.45, 7) is 2.50. The minimum absolute atomic E-state index is 0.162. The van der Waals surface area contributed by atoms with Crippen LogP contribution in [0.5, 0.6) is 0 Å². The number of nitrogens with one attached hydrogen (secondary N) is 1. The van der Waals surface area contributed by atoms with E-state index in [2.05, 4.69) is 5.32 Å². The quantitative estimate of drug-likeness (QED) is 0.608. The molecule has 1 heterocycles. The van der Waals surface area contributed by atoms with E-state index in [0.717, 1.165) is 28.4 Å². The van der Waals surface area contributed by atoms with Gasteiger partial charge in [-0.15, -0.1) is 0 Å². The zero-order chi connectivity index (χ0) is 22.2. The van der Waals surface area contributed by atoms with Crippen molar-refractivity contribution in [2.24, 2.45) is 11.8 Å². The van der Waals surface area contributed by atoms with Crippen LogP contribution in [0, 0.1) is 11.8 Å². The van der Waals surface area contributed by atoms with E-state index in [1.807, 2.05) is 55.6 Å². The average molecular weight is 427 g/mol. The average Bonchev–Trinajstić information content (AvgIpc) is 3.01. The first-order chi connectivity index (χ1) is 14.8. The van der Waals surface area contributed by atoms with Crippen LogP contribution in [0.25, 0.3) is 11.0 Å². The largest absolute Gasteiger partial charge is 0.416 e. The minimum atomic E-state index is -4.36. The molecule has 1 N–H and O–H groups in total. The second-order valence-electron chi connectivity index (χ2n) is 7.92. The van der Waals surface area contributed by atoms with Gasteiger partial charge in [-0.2, -0.15) is 13.2 Å². The molecule has 0 bridgehead atoms. The third kappa shape index (κ3) is 4.17. The highest BCUT2D eigenvalue weighted by molar-refractivity contribution is 5.76. The third-order valence-corrected chi connectivity index (χ3v) is 5.87. The van der Waals surface area contributed by atoms with E-state index in [0.29, 0.717) is 13.1 Å². The highest BCUT2D eigenvalue weighted by Gasteiger charge is 2.34. The van der Waals surface area contributed by atoms with Crippen molar-refractivity contribution in [3.05, 3.63) is 88.4 Å². The van der Waals surface area contributed by atoms with Gasteiger partial charge in [0.25, 0.3) is 0 Å². The summed E-state index contributed by atoms with van der Waals surface area (Å²) in [5.74, 6) is -0.525. The van der Waals surface area contributed by atoms with Gasteiger partial charge >= 0.3 is 11.9 Å². The number of nitrogens with zero attached hydrogens (tertiary/aromatic N) is 2. The van der Waals surface area contributed by atoms with Crippen LogP contribution >= 0.6 is 0 Å². The van der Waals surface area contributed by atoms with Gasteiger partial charge in [0, 0.05) is 25.2 Å². The Balaban J connectivity index is 1.66. The number of fused-ring (bicyclic) bond motifs is 1. The number of benzene rings is 2. The molecule has 0 aliphatic heterocycles. The molecule has 31 heavy (non-hydrogen) atoms. The number of para-hydroxylation sites is 2. The summed E-state index contributed by atoms with van der Waals surface area (Å²) in [4.78, 5) is 13.3. The predicted molar refractivity (Wildman–Crippen MR) is 117 cm³/mol. The molecule has 1 aromatic heterocycles. The number of halogens is 3. The third-order valence-electron chi connectivity index (χ3n) is 5.87. The summed E-state index contributed by atoms with van der Waals surface area (Å²) < 4.78 is 42.4. The predicted octanol–water partition coefficient (Wildman–Crippen LogP) is 5.20. The zero-order valence-electron chi connectivity index (χ0n) is 17.4. The second-order valence-corrected chi connectivity index (χ2v) is 7.92. The van der Waals surface area contributed by atoms with E-state index in [1.165, 1.54) is 6.08 Å². The number of alkyl halides is 3. The van der Waals surface area contributed by atoms with Gasteiger partial charge in [-0.25, -0.2) is 4.79 Å². The summed E-state index contributed by atoms with van der Waals surface area (Å²) in [7, 11) is 1.85. The van der Waals surface area contributed by atoms with Crippen LogP contribution in [0.2, 0.25) is 0 Å². The number of hydrogen-bond donors (Lipinski definition) is 1. The van der Waals surface area contributed by atoms with Gasteiger partial charge < -0.3 is 5.32 Å². The Labute approximate surface area is 178 Å². The topological polar surface area (TPSA) is 39.0 Å². The lowest BCUT2D eigenvalue weighted by Crippen LogP contribution is -2.29. The zero-order valence-corrected chi connectivity index (χ0v) is 17.4. The Bertz CT molecular complexity index is 1200. The molecule has 1 aliphatic rings. The van der Waals surface area contributed by atoms with Crippen molar-refractivity contribution in [1.29, 1.82) is 0 Å². The second kappa shape index (κ2) is 8.13. The van der Waals surface area contributed by atoms with E-state index in [4.69, 9.17) is 0 Å². The van der Waals surface area contributed by atoms with E-state index >= 15 is 0 Å². The molecule has 4 nitrogen and oxygen atoms in total. The molecule has 0 radical (unpaired) electrons. The maximum absolute atomic E-state index is 13.3. The van der Waals surface area contributed by atoms with Crippen molar-refractivity contribution >= 4 is 16.7 Å². The summed E-state index contributed by atoms with van der Waals surface area (Å²) >= 11 is 0. The molecule has 1 aliphatic carbocycles. The number of hydrogen-bond acceptors (Lipinski definition) is 2. The summed E-state index contributed by atoms with van der Waals surface area (Å²) in [5, 5.41) is 3.07. The van der Waals surface area contributed by atoms with Crippen molar-refractivity contribution in [3.8, 4) is 0 Å². The van der Waals surface area contributed by atoms with Gasteiger partial charge in [0.05, 0.1) is 23.2 Å². The molecule has 0 saturated carbocycles. The van der Waals surface area contributed by atoms with Crippen molar-refractivity contribution in [3.63, 3.8) is 0 Å². The molecule has 0 fully saturated rings. The SMILES string of the molecule is CNc1ccc(Cn2c(=O)n(CC3C=CC(C(F)(F)F)=CC3C)c3ccccc32)cc1. The van der Waals surface area contributed by atoms with Crippen LogP contribution < -0.4 is 11.0 Å². The molecule has 2 unspecified atom stereocenters. The van der Waals surface area contributed by atoms with Crippen LogP contribution in [0.3, 0.4) is 0 Å². The Morgan fingerprint density at radius 2 is 1.65 bits per heavy atom. The molecular weight excluding hydrogens is 403 g/mol. The Kier molecular flexibility index (Phi) is 5.52. The Morgan fingerprint density at radius 1 is 1.00 bits per heavy atom. The van der Waals surface area contributed by atoms with Crippen molar-refractivity contribution in [1.82, 2.24) is 9.13 Å². The first-order valence-corrected chi connectivity index (χ1v) is 10.2. The smallest absolute Gasteiger partial charge is 0.388 e. The maximum Gasteiger partial charge on any atom is 0.416 e. The van der Waals surface area contributed by atoms with Crippen LogP contribution in [-0.4, -0.2) is 22.4 Å².